The van der Waals surface area contributed by atoms with Crippen molar-refractivity contribution in [2.45, 2.75) is 13.1 Å². The molecule has 0 saturated carbocycles. The molecule has 0 aliphatic heterocycles. The molecule has 1 aromatic carbocycles. The predicted octanol–water partition coefficient (Wildman–Crippen LogP) is 2.98. The van der Waals surface area contributed by atoms with Gasteiger partial charge in [-0.05, 0) is 34.5 Å². The lowest BCUT2D eigenvalue weighted by Crippen LogP contribution is -2.29. The molecular formula is C10H9BrF3NO2. The van der Waals surface area contributed by atoms with E-state index in [1.54, 1.807) is 24.5 Å². The van der Waals surface area contributed by atoms with E-state index < -0.39 is 18.7 Å². The molecule has 0 aromatic heterocycles. The van der Waals surface area contributed by atoms with E-state index in [0.717, 1.165) is 5.56 Å². The first-order valence-corrected chi connectivity index (χ1v) is 5.34. The topological polar surface area (TPSA) is 38.3 Å². The van der Waals surface area contributed by atoms with Gasteiger partial charge in [-0.3, -0.25) is 9.63 Å². The van der Waals surface area contributed by atoms with Crippen LogP contribution in [-0.2, 0) is 4.84 Å². The predicted molar refractivity (Wildman–Crippen MR) is 58.4 cm³/mol. The molecule has 0 saturated heterocycles. The van der Waals surface area contributed by atoms with Crippen LogP contribution >= 0.6 is 15.9 Å². The molecule has 17 heavy (non-hydrogen) atoms. The molecule has 0 unspecified atom stereocenters. The van der Waals surface area contributed by atoms with Crippen LogP contribution in [0.15, 0.2) is 22.7 Å². The molecule has 0 aliphatic carbocycles. The molecule has 7 heteroatoms. The Morgan fingerprint density at radius 3 is 2.71 bits per heavy atom. The van der Waals surface area contributed by atoms with E-state index in [9.17, 15) is 18.0 Å². The third-order valence-corrected chi connectivity index (χ3v) is 2.89. The van der Waals surface area contributed by atoms with E-state index in [4.69, 9.17) is 0 Å². The van der Waals surface area contributed by atoms with Gasteiger partial charge in [0.05, 0.1) is 5.56 Å². The Morgan fingerprint density at radius 2 is 2.12 bits per heavy atom. The second-order valence-electron chi connectivity index (χ2n) is 3.27. The quantitative estimate of drug-likeness (QED) is 0.872. The third-order valence-electron chi connectivity index (χ3n) is 1.84. The number of nitrogens with one attached hydrogen (secondary N) is 1. The van der Waals surface area contributed by atoms with Gasteiger partial charge >= 0.3 is 6.18 Å². The normalized spacial score (nSPS) is 11.4. The first kappa shape index (κ1) is 14.0. The summed E-state index contributed by atoms with van der Waals surface area (Å²) >= 11 is 3.17. The minimum Gasteiger partial charge on any atom is -0.267 e. The number of benzene rings is 1. The van der Waals surface area contributed by atoms with Gasteiger partial charge in [-0.15, -0.1) is 0 Å². The van der Waals surface area contributed by atoms with Gasteiger partial charge < -0.3 is 0 Å². The lowest BCUT2D eigenvalue weighted by Gasteiger charge is -2.10. The fraction of sp³-hybridized carbons (Fsp3) is 0.300. The Morgan fingerprint density at radius 1 is 1.47 bits per heavy atom. The van der Waals surface area contributed by atoms with Crippen LogP contribution in [-0.4, -0.2) is 18.7 Å². The molecule has 0 heterocycles. The average Bonchev–Trinajstić information content (AvgIpc) is 2.20. The smallest absolute Gasteiger partial charge is 0.267 e. The van der Waals surface area contributed by atoms with E-state index in [-0.39, 0.29) is 5.56 Å². The van der Waals surface area contributed by atoms with Crippen molar-refractivity contribution in [1.29, 1.82) is 0 Å². The van der Waals surface area contributed by atoms with Crippen LogP contribution in [0.5, 0.6) is 0 Å². The van der Waals surface area contributed by atoms with Crippen LogP contribution in [0, 0.1) is 6.92 Å². The van der Waals surface area contributed by atoms with E-state index in [1.807, 2.05) is 0 Å². The molecule has 0 atom stereocenters. The molecular weight excluding hydrogens is 303 g/mol. The number of alkyl halides is 3. The molecule has 1 rings (SSSR count). The van der Waals surface area contributed by atoms with Crippen LogP contribution in [0.2, 0.25) is 0 Å². The zero-order valence-corrected chi connectivity index (χ0v) is 10.4. The van der Waals surface area contributed by atoms with Crippen molar-refractivity contribution in [3.8, 4) is 0 Å². The lowest BCUT2D eigenvalue weighted by molar-refractivity contribution is -0.184. The highest BCUT2D eigenvalue weighted by atomic mass is 79.9. The van der Waals surface area contributed by atoms with E-state index in [1.165, 1.54) is 6.07 Å². The van der Waals surface area contributed by atoms with E-state index in [2.05, 4.69) is 20.8 Å². The highest BCUT2D eigenvalue weighted by molar-refractivity contribution is 9.10. The molecule has 0 spiro atoms. The molecule has 94 valence electrons. The van der Waals surface area contributed by atoms with Crippen molar-refractivity contribution < 1.29 is 22.8 Å². The van der Waals surface area contributed by atoms with Crippen molar-refractivity contribution in [1.82, 2.24) is 5.48 Å². The van der Waals surface area contributed by atoms with E-state index >= 15 is 0 Å². The second-order valence-corrected chi connectivity index (χ2v) is 4.06. The maximum atomic E-state index is 11.8. The maximum Gasteiger partial charge on any atom is 0.414 e. The summed E-state index contributed by atoms with van der Waals surface area (Å²) in [4.78, 5) is 15.5. The fourth-order valence-electron chi connectivity index (χ4n) is 1.06. The molecule has 1 N–H and O–H groups in total. The van der Waals surface area contributed by atoms with Crippen LogP contribution < -0.4 is 5.48 Å². The number of carbonyl (C=O) groups excluding carboxylic acids is 1. The minimum atomic E-state index is -4.48. The second kappa shape index (κ2) is 5.50. The molecule has 0 aliphatic rings. The first-order valence-electron chi connectivity index (χ1n) is 4.55. The summed E-state index contributed by atoms with van der Waals surface area (Å²) in [7, 11) is 0. The number of rotatable bonds is 3. The summed E-state index contributed by atoms with van der Waals surface area (Å²) < 4.78 is 35.8. The van der Waals surface area contributed by atoms with Gasteiger partial charge in [0.2, 0.25) is 0 Å². The van der Waals surface area contributed by atoms with Gasteiger partial charge in [0.25, 0.3) is 5.91 Å². The number of hydrogen-bond acceptors (Lipinski definition) is 2. The van der Waals surface area contributed by atoms with E-state index in [0.29, 0.717) is 4.47 Å². The van der Waals surface area contributed by atoms with Crippen LogP contribution in [0.25, 0.3) is 0 Å². The number of aryl methyl sites for hydroxylation is 1. The number of carbonyl (C=O) groups is 1. The Hall–Kier alpha value is -1.08. The Kier molecular flexibility index (Phi) is 4.53. The molecule has 0 radical (unpaired) electrons. The number of halogens is 4. The average molecular weight is 312 g/mol. The van der Waals surface area contributed by atoms with Gasteiger partial charge in [0.15, 0.2) is 6.61 Å². The Balaban J connectivity index is 2.62. The summed E-state index contributed by atoms with van der Waals surface area (Å²) in [5.74, 6) is -0.732. The molecule has 1 amide bonds. The molecule has 0 bridgehead atoms. The van der Waals surface area contributed by atoms with Gasteiger partial charge in [-0.25, -0.2) is 5.48 Å². The number of amides is 1. The SMILES string of the molecule is Cc1cccc(C(=O)NOCC(F)(F)F)c1Br. The monoisotopic (exact) mass is 311 g/mol. The van der Waals surface area contributed by atoms with Crippen molar-refractivity contribution in [2.24, 2.45) is 0 Å². The highest BCUT2D eigenvalue weighted by Gasteiger charge is 2.28. The molecule has 1 aromatic rings. The standard InChI is InChI=1S/C10H9BrF3NO2/c1-6-3-2-4-7(8(6)11)9(16)15-17-5-10(12,13)14/h2-4H,5H2,1H3,(H,15,16). The van der Waals surface area contributed by atoms with Crippen molar-refractivity contribution in [2.75, 3.05) is 6.61 Å². The maximum absolute atomic E-state index is 11.8. The Bertz CT molecular complexity index is 421. The zero-order chi connectivity index (χ0) is 13.1. The lowest BCUT2D eigenvalue weighted by atomic mass is 10.1. The highest BCUT2D eigenvalue weighted by Crippen LogP contribution is 2.21. The van der Waals surface area contributed by atoms with Crippen LogP contribution in [0.3, 0.4) is 0 Å². The summed E-state index contributed by atoms with van der Waals surface area (Å²) in [6, 6.07) is 4.86. The van der Waals surface area contributed by atoms with Crippen molar-refractivity contribution in [3.63, 3.8) is 0 Å². The van der Waals surface area contributed by atoms with Crippen LogP contribution in [0.4, 0.5) is 13.2 Å². The number of hydroxylamine groups is 1. The summed E-state index contributed by atoms with van der Waals surface area (Å²) in [6.45, 7) is 0.236. The first-order chi connectivity index (χ1) is 7.81. The zero-order valence-electron chi connectivity index (χ0n) is 8.77. The van der Waals surface area contributed by atoms with Gasteiger partial charge in [0, 0.05) is 4.47 Å². The van der Waals surface area contributed by atoms with Crippen molar-refractivity contribution in [3.05, 3.63) is 33.8 Å². The van der Waals surface area contributed by atoms with Crippen molar-refractivity contribution >= 4 is 21.8 Å². The summed E-state index contributed by atoms with van der Waals surface area (Å²) in [6.07, 6.45) is -4.48. The largest absolute Gasteiger partial charge is 0.414 e. The summed E-state index contributed by atoms with van der Waals surface area (Å²) in [5, 5.41) is 0. The minimum absolute atomic E-state index is 0.215. The van der Waals surface area contributed by atoms with Gasteiger partial charge in [-0.1, -0.05) is 12.1 Å². The Labute approximate surface area is 104 Å². The third kappa shape index (κ3) is 4.35. The molecule has 3 nitrogen and oxygen atoms in total. The van der Waals surface area contributed by atoms with Gasteiger partial charge in [0.1, 0.15) is 0 Å². The fourth-order valence-corrected chi connectivity index (χ4v) is 1.51. The van der Waals surface area contributed by atoms with Crippen LogP contribution in [0.1, 0.15) is 15.9 Å². The number of hydrogen-bond donors (Lipinski definition) is 1. The van der Waals surface area contributed by atoms with Gasteiger partial charge in [-0.2, -0.15) is 13.2 Å². The summed E-state index contributed by atoms with van der Waals surface area (Å²) in [5.41, 5.74) is 2.75. The molecule has 0 fully saturated rings.